The molecule has 3 N–H and O–H groups in total. The summed E-state index contributed by atoms with van der Waals surface area (Å²) in [6.07, 6.45) is 4.22. The van der Waals surface area contributed by atoms with Gasteiger partial charge in [-0.25, -0.2) is 0 Å². The third-order valence-electron chi connectivity index (χ3n) is 3.23. The molecule has 0 aliphatic carbocycles. The molecule has 5 heteroatoms. The van der Waals surface area contributed by atoms with Crippen LogP contribution in [-0.2, 0) is 0 Å². The number of unbranched alkanes of at least 4 members (excludes halogenated alkanes) is 3. The Morgan fingerprint density at radius 2 is 1.95 bits per heavy atom. The van der Waals surface area contributed by atoms with Crippen molar-refractivity contribution in [2.24, 2.45) is 5.73 Å². The predicted octanol–water partition coefficient (Wildman–Crippen LogP) is 1.71. The Bertz CT molecular complexity index is 449. The van der Waals surface area contributed by atoms with Crippen LogP contribution in [0.2, 0.25) is 0 Å². The van der Waals surface area contributed by atoms with E-state index in [0.717, 1.165) is 32.2 Å². The van der Waals surface area contributed by atoms with E-state index in [1.54, 1.807) is 6.07 Å². The van der Waals surface area contributed by atoms with Gasteiger partial charge in [-0.2, -0.15) is 0 Å². The van der Waals surface area contributed by atoms with E-state index in [9.17, 15) is 4.79 Å². The quantitative estimate of drug-likeness (QED) is 0.745. The van der Waals surface area contributed by atoms with Crippen molar-refractivity contribution in [1.82, 2.24) is 5.32 Å². The van der Waals surface area contributed by atoms with E-state index in [0.29, 0.717) is 36.8 Å². The second-order valence-corrected chi connectivity index (χ2v) is 4.79. The number of nitrogens with one attached hydrogen (secondary N) is 1. The second-order valence-electron chi connectivity index (χ2n) is 4.79. The minimum absolute atomic E-state index is 0.105. The molecule has 110 valence electrons. The maximum atomic E-state index is 12.1. The largest absolute Gasteiger partial charge is 0.486 e. The monoisotopic (exact) mass is 278 g/mol. The van der Waals surface area contributed by atoms with Gasteiger partial charge in [0.15, 0.2) is 11.5 Å². The number of carbonyl (C=O) groups excluding carboxylic acids is 1. The number of amides is 1. The standard InChI is InChI=1S/C15H22N2O3/c16-8-3-1-2-4-9-17-15(18)12-6-5-7-13-14(12)20-11-10-19-13/h5-7H,1-4,8-11,16H2,(H,17,18). The summed E-state index contributed by atoms with van der Waals surface area (Å²) in [6, 6.07) is 5.39. The van der Waals surface area contributed by atoms with Gasteiger partial charge in [0, 0.05) is 6.54 Å². The summed E-state index contributed by atoms with van der Waals surface area (Å²) in [5, 5.41) is 2.92. The molecule has 2 rings (SSSR count). The van der Waals surface area contributed by atoms with Gasteiger partial charge >= 0.3 is 0 Å². The van der Waals surface area contributed by atoms with Gasteiger partial charge < -0.3 is 20.5 Å². The van der Waals surface area contributed by atoms with Crippen LogP contribution >= 0.6 is 0 Å². The molecule has 0 spiro atoms. The van der Waals surface area contributed by atoms with E-state index in [1.807, 2.05) is 12.1 Å². The molecule has 1 amide bonds. The molecular weight excluding hydrogens is 256 g/mol. The lowest BCUT2D eigenvalue weighted by Gasteiger charge is -2.20. The Labute approximate surface area is 119 Å². The number of nitrogens with two attached hydrogens (primary N) is 1. The van der Waals surface area contributed by atoms with Gasteiger partial charge in [-0.05, 0) is 31.5 Å². The van der Waals surface area contributed by atoms with Gasteiger partial charge in [-0.15, -0.1) is 0 Å². The molecule has 1 heterocycles. The maximum Gasteiger partial charge on any atom is 0.255 e. The Morgan fingerprint density at radius 1 is 1.15 bits per heavy atom. The number of ether oxygens (including phenoxy) is 2. The van der Waals surface area contributed by atoms with Crippen molar-refractivity contribution >= 4 is 5.91 Å². The van der Waals surface area contributed by atoms with Crippen molar-refractivity contribution in [2.45, 2.75) is 25.7 Å². The van der Waals surface area contributed by atoms with Crippen LogP contribution in [0.5, 0.6) is 11.5 Å². The third-order valence-corrected chi connectivity index (χ3v) is 3.23. The number of carbonyl (C=O) groups is 1. The summed E-state index contributed by atoms with van der Waals surface area (Å²) >= 11 is 0. The lowest BCUT2D eigenvalue weighted by atomic mass is 10.1. The number of hydrogen-bond acceptors (Lipinski definition) is 4. The van der Waals surface area contributed by atoms with Gasteiger partial charge in [0.05, 0.1) is 5.56 Å². The van der Waals surface area contributed by atoms with E-state index >= 15 is 0 Å². The van der Waals surface area contributed by atoms with Crippen LogP contribution in [0.1, 0.15) is 36.0 Å². The van der Waals surface area contributed by atoms with Crippen molar-refractivity contribution in [3.05, 3.63) is 23.8 Å². The lowest BCUT2D eigenvalue weighted by molar-refractivity contribution is 0.0942. The summed E-state index contributed by atoms with van der Waals surface area (Å²) in [6.45, 7) is 2.42. The fourth-order valence-electron chi connectivity index (χ4n) is 2.17. The first kappa shape index (κ1) is 14.7. The fourth-order valence-corrected chi connectivity index (χ4v) is 2.17. The Hall–Kier alpha value is -1.75. The summed E-state index contributed by atoms with van der Waals surface area (Å²) in [4.78, 5) is 12.1. The first-order valence-electron chi connectivity index (χ1n) is 7.20. The van der Waals surface area contributed by atoms with Gasteiger partial charge in [0.1, 0.15) is 13.2 Å². The molecule has 0 radical (unpaired) electrons. The van der Waals surface area contributed by atoms with E-state index in [-0.39, 0.29) is 5.91 Å². The van der Waals surface area contributed by atoms with Crippen LogP contribution in [0.4, 0.5) is 0 Å². The molecule has 5 nitrogen and oxygen atoms in total. The van der Waals surface area contributed by atoms with Crippen molar-refractivity contribution in [2.75, 3.05) is 26.3 Å². The van der Waals surface area contributed by atoms with Gasteiger partial charge in [-0.3, -0.25) is 4.79 Å². The highest BCUT2D eigenvalue weighted by molar-refractivity contribution is 5.97. The SMILES string of the molecule is NCCCCCCNC(=O)c1cccc2c1OCCO2. The Morgan fingerprint density at radius 3 is 2.80 bits per heavy atom. The van der Waals surface area contributed by atoms with Crippen molar-refractivity contribution < 1.29 is 14.3 Å². The lowest BCUT2D eigenvalue weighted by Crippen LogP contribution is -2.26. The third kappa shape index (κ3) is 3.87. The summed E-state index contributed by atoms with van der Waals surface area (Å²) in [7, 11) is 0. The number of hydrogen-bond donors (Lipinski definition) is 2. The molecule has 20 heavy (non-hydrogen) atoms. The van der Waals surface area contributed by atoms with Gasteiger partial charge in [0.25, 0.3) is 5.91 Å². The second kappa shape index (κ2) is 7.75. The minimum Gasteiger partial charge on any atom is -0.486 e. The minimum atomic E-state index is -0.105. The fraction of sp³-hybridized carbons (Fsp3) is 0.533. The highest BCUT2D eigenvalue weighted by Gasteiger charge is 2.19. The van der Waals surface area contributed by atoms with E-state index < -0.39 is 0 Å². The van der Waals surface area contributed by atoms with Gasteiger partial charge in [0.2, 0.25) is 0 Å². The first-order chi connectivity index (χ1) is 9.83. The molecular formula is C15H22N2O3. The van der Waals surface area contributed by atoms with Gasteiger partial charge in [-0.1, -0.05) is 18.9 Å². The van der Waals surface area contributed by atoms with Crippen LogP contribution in [0, 0.1) is 0 Å². The highest BCUT2D eigenvalue weighted by Crippen LogP contribution is 2.33. The summed E-state index contributed by atoms with van der Waals surface area (Å²) in [5.74, 6) is 1.09. The number of rotatable bonds is 7. The predicted molar refractivity (Wildman–Crippen MR) is 77.3 cm³/mol. The molecule has 0 saturated heterocycles. The molecule has 0 atom stereocenters. The molecule has 1 aromatic carbocycles. The van der Waals surface area contributed by atoms with Crippen LogP contribution in [0.3, 0.4) is 0 Å². The Kier molecular flexibility index (Phi) is 5.68. The molecule has 1 aliphatic rings. The van der Waals surface area contributed by atoms with Crippen LogP contribution < -0.4 is 20.5 Å². The number of fused-ring (bicyclic) bond motifs is 1. The molecule has 0 aromatic heterocycles. The zero-order valence-corrected chi connectivity index (χ0v) is 11.7. The Balaban J connectivity index is 1.83. The summed E-state index contributed by atoms with van der Waals surface area (Å²) < 4.78 is 11.0. The average Bonchev–Trinajstić information content (AvgIpc) is 2.50. The molecule has 1 aromatic rings. The van der Waals surface area contributed by atoms with Crippen LogP contribution in [0.25, 0.3) is 0 Å². The first-order valence-corrected chi connectivity index (χ1v) is 7.20. The number of para-hydroxylation sites is 1. The van der Waals surface area contributed by atoms with E-state index in [4.69, 9.17) is 15.2 Å². The molecule has 1 aliphatic heterocycles. The molecule has 0 unspecified atom stereocenters. The normalized spacial score (nSPS) is 13.1. The zero-order chi connectivity index (χ0) is 14.2. The summed E-state index contributed by atoms with van der Waals surface area (Å²) in [5.41, 5.74) is 5.98. The molecule has 0 fully saturated rings. The molecule has 0 bridgehead atoms. The van der Waals surface area contributed by atoms with Crippen molar-refractivity contribution in [1.29, 1.82) is 0 Å². The van der Waals surface area contributed by atoms with E-state index in [1.165, 1.54) is 0 Å². The maximum absolute atomic E-state index is 12.1. The van der Waals surface area contributed by atoms with Crippen LogP contribution in [0.15, 0.2) is 18.2 Å². The van der Waals surface area contributed by atoms with Crippen molar-refractivity contribution in [3.8, 4) is 11.5 Å². The van der Waals surface area contributed by atoms with Crippen LogP contribution in [-0.4, -0.2) is 32.2 Å². The zero-order valence-electron chi connectivity index (χ0n) is 11.7. The number of benzene rings is 1. The highest BCUT2D eigenvalue weighted by atomic mass is 16.6. The smallest absolute Gasteiger partial charge is 0.255 e. The molecule has 0 saturated carbocycles. The average molecular weight is 278 g/mol. The topological polar surface area (TPSA) is 73.6 Å². The van der Waals surface area contributed by atoms with E-state index in [2.05, 4.69) is 5.32 Å². The van der Waals surface area contributed by atoms with Crippen molar-refractivity contribution in [3.63, 3.8) is 0 Å².